The number of aromatic nitrogens is 2. The zero-order valence-corrected chi connectivity index (χ0v) is 13.3. The predicted molar refractivity (Wildman–Crippen MR) is 80.2 cm³/mol. The van der Waals surface area contributed by atoms with Crippen LogP contribution in [0, 0.1) is 12.7 Å². The number of benzene rings is 1. The third-order valence-corrected chi connectivity index (χ3v) is 4.10. The van der Waals surface area contributed by atoms with Crippen LogP contribution < -0.4 is 10.5 Å². The molecular weight excluding hydrogens is 325 g/mol. The van der Waals surface area contributed by atoms with E-state index in [0.29, 0.717) is 5.69 Å². The van der Waals surface area contributed by atoms with Crippen LogP contribution in [0.2, 0.25) is 0 Å². The Morgan fingerprint density at radius 3 is 2.75 bits per heavy atom. The molecule has 0 bridgehead atoms. The first-order valence-corrected chi connectivity index (χ1v) is 7.12. The average molecular weight is 342 g/mol. The lowest BCUT2D eigenvalue weighted by atomic mass is 10.2. The van der Waals surface area contributed by atoms with Gasteiger partial charge in [-0.15, -0.1) is 0 Å². The van der Waals surface area contributed by atoms with Gasteiger partial charge in [0.1, 0.15) is 6.61 Å². The highest BCUT2D eigenvalue weighted by molar-refractivity contribution is 9.10. The highest BCUT2D eigenvalue weighted by Gasteiger charge is 2.14. The van der Waals surface area contributed by atoms with Crippen LogP contribution in [-0.4, -0.2) is 9.78 Å². The quantitative estimate of drug-likeness (QED) is 0.867. The Morgan fingerprint density at radius 1 is 1.45 bits per heavy atom. The maximum absolute atomic E-state index is 13.8. The van der Waals surface area contributed by atoms with Gasteiger partial charge in [0, 0.05) is 18.8 Å². The van der Waals surface area contributed by atoms with Crippen LogP contribution in [-0.2, 0) is 20.1 Å². The molecule has 0 fully saturated rings. The van der Waals surface area contributed by atoms with E-state index in [0.717, 1.165) is 27.8 Å². The smallest absolute Gasteiger partial charge is 0.167 e. The van der Waals surface area contributed by atoms with Crippen molar-refractivity contribution < 1.29 is 9.13 Å². The summed E-state index contributed by atoms with van der Waals surface area (Å²) in [5.74, 6) is -0.259. The Labute approximate surface area is 125 Å². The molecule has 6 heteroatoms. The van der Waals surface area contributed by atoms with Crippen LogP contribution in [0.5, 0.6) is 5.75 Å². The van der Waals surface area contributed by atoms with Crippen LogP contribution in [0.15, 0.2) is 16.6 Å². The molecule has 2 aromatic rings. The lowest BCUT2D eigenvalue weighted by Crippen LogP contribution is -2.05. The molecule has 2 rings (SSSR count). The van der Waals surface area contributed by atoms with Gasteiger partial charge in [0.2, 0.25) is 0 Å². The lowest BCUT2D eigenvalue weighted by Gasteiger charge is -2.10. The van der Waals surface area contributed by atoms with Gasteiger partial charge in [0.05, 0.1) is 15.9 Å². The maximum atomic E-state index is 13.8. The SMILES string of the molecule is CCc1nn(C)c(COc2cc(C)c(N)cc2F)c1Br. The molecule has 0 aliphatic rings. The Bertz CT molecular complexity index is 640. The number of halogens is 2. The molecule has 0 aliphatic carbocycles. The molecule has 0 atom stereocenters. The molecule has 1 heterocycles. The first kappa shape index (κ1) is 14.8. The van der Waals surface area contributed by atoms with E-state index < -0.39 is 5.82 Å². The van der Waals surface area contributed by atoms with E-state index in [1.54, 1.807) is 10.7 Å². The van der Waals surface area contributed by atoms with Crippen molar-refractivity contribution in [3.05, 3.63) is 39.4 Å². The molecule has 4 nitrogen and oxygen atoms in total. The summed E-state index contributed by atoms with van der Waals surface area (Å²) < 4.78 is 22.0. The van der Waals surface area contributed by atoms with Gasteiger partial charge in [-0.2, -0.15) is 5.10 Å². The molecule has 2 N–H and O–H groups in total. The summed E-state index contributed by atoms with van der Waals surface area (Å²) in [5, 5.41) is 4.37. The normalized spacial score (nSPS) is 10.8. The van der Waals surface area contributed by atoms with Crippen molar-refractivity contribution in [1.29, 1.82) is 0 Å². The van der Waals surface area contributed by atoms with E-state index in [9.17, 15) is 4.39 Å². The van der Waals surface area contributed by atoms with Gasteiger partial charge in [0.15, 0.2) is 11.6 Å². The second kappa shape index (κ2) is 5.83. The van der Waals surface area contributed by atoms with E-state index in [4.69, 9.17) is 10.5 Å². The molecule has 0 radical (unpaired) electrons. The van der Waals surface area contributed by atoms with Gasteiger partial charge in [-0.3, -0.25) is 4.68 Å². The van der Waals surface area contributed by atoms with E-state index >= 15 is 0 Å². The minimum Gasteiger partial charge on any atom is -0.484 e. The molecular formula is C14H17BrFN3O. The van der Waals surface area contributed by atoms with Gasteiger partial charge in [-0.25, -0.2) is 4.39 Å². The fourth-order valence-corrected chi connectivity index (χ4v) is 2.63. The molecule has 0 aliphatic heterocycles. The molecule has 0 saturated heterocycles. The minimum absolute atomic E-state index is 0.197. The van der Waals surface area contributed by atoms with E-state index in [1.807, 2.05) is 20.9 Å². The van der Waals surface area contributed by atoms with Crippen molar-refractivity contribution in [2.45, 2.75) is 26.9 Å². The highest BCUT2D eigenvalue weighted by atomic mass is 79.9. The van der Waals surface area contributed by atoms with Gasteiger partial charge in [-0.05, 0) is 40.9 Å². The van der Waals surface area contributed by atoms with Crippen molar-refractivity contribution in [2.75, 3.05) is 5.73 Å². The number of ether oxygens (including phenoxy) is 1. The fourth-order valence-electron chi connectivity index (χ4n) is 1.90. The fraction of sp³-hybridized carbons (Fsp3) is 0.357. The van der Waals surface area contributed by atoms with Gasteiger partial charge in [0.25, 0.3) is 0 Å². The topological polar surface area (TPSA) is 53.1 Å². The number of anilines is 1. The summed E-state index contributed by atoms with van der Waals surface area (Å²) in [4.78, 5) is 0. The predicted octanol–water partition coefficient (Wildman–Crippen LogP) is 3.35. The van der Waals surface area contributed by atoms with Crippen molar-refractivity contribution in [3.63, 3.8) is 0 Å². The Morgan fingerprint density at radius 2 is 2.15 bits per heavy atom. The van der Waals surface area contributed by atoms with Crippen molar-refractivity contribution in [2.24, 2.45) is 7.05 Å². The average Bonchev–Trinajstić information content (AvgIpc) is 2.67. The first-order valence-electron chi connectivity index (χ1n) is 6.32. The summed E-state index contributed by atoms with van der Waals surface area (Å²) in [5.41, 5.74) is 8.69. The van der Waals surface area contributed by atoms with E-state index in [1.165, 1.54) is 6.07 Å². The zero-order valence-electron chi connectivity index (χ0n) is 11.7. The third kappa shape index (κ3) is 2.80. The summed E-state index contributed by atoms with van der Waals surface area (Å²) in [7, 11) is 1.84. The largest absolute Gasteiger partial charge is 0.484 e. The molecule has 1 aromatic carbocycles. The standard InChI is InChI=1S/C14H17BrFN3O/c1-4-11-14(15)12(19(3)18-11)7-20-13-5-8(2)10(17)6-9(13)16/h5-6H,4,7,17H2,1-3H3. The second-order valence-corrected chi connectivity index (χ2v) is 5.41. The zero-order chi connectivity index (χ0) is 14.9. The molecule has 0 unspecified atom stereocenters. The van der Waals surface area contributed by atoms with E-state index in [2.05, 4.69) is 21.0 Å². The molecule has 108 valence electrons. The maximum Gasteiger partial charge on any atom is 0.167 e. The number of hydrogen-bond donors (Lipinski definition) is 1. The third-order valence-electron chi connectivity index (χ3n) is 3.19. The highest BCUT2D eigenvalue weighted by Crippen LogP contribution is 2.26. The Kier molecular flexibility index (Phi) is 4.32. The number of rotatable bonds is 4. The molecule has 20 heavy (non-hydrogen) atoms. The Balaban J connectivity index is 2.21. The van der Waals surface area contributed by atoms with Crippen molar-refractivity contribution in [3.8, 4) is 5.75 Å². The first-order chi connectivity index (χ1) is 9.43. The van der Waals surface area contributed by atoms with Crippen LogP contribution >= 0.6 is 15.9 Å². The second-order valence-electron chi connectivity index (χ2n) is 4.61. The summed E-state index contributed by atoms with van der Waals surface area (Å²) in [6.45, 7) is 4.09. The number of nitrogen functional groups attached to an aromatic ring is 1. The van der Waals surface area contributed by atoms with Crippen LogP contribution in [0.4, 0.5) is 10.1 Å². The molecule has 0 amide bonds. The minimum atomic E-state index is -0.456. The van der Waals surface area contributed by atoms with Gasteiger partial charge < -0.3 is 10.5 Å². The van der Waals surface area contributed by atoms with E-state index in [-0.39, 0.29) is 12.4 Å². The number of aryl methyl sites for hydroxylation is 3. The molecule has 0 saturated carbocycles. The lowest BCUT2D eigenvalue weighted by molar-refractivity contribution is 0.279. The monoisotopic (exact) mass is 341 g/mol. The van der Waals surface area contributed by atoms with Crippen molar-refractivity contribution in [1.82, 2.24) is 9.78 Å². The number of nitrogens with zero attached hydrogens (tertiary/aromatic N) is 2. The summed E-state index contributed by atoms with van der Waals surface area (Å²) >= 11 is 3.50. The molecule has 1 aromatic heterocycles. The molecule has 0 spiro atoms. The summed E-state index contributed by atoms with van der Waals surface area (Å²) in [6.07, 6.45) is 0.823. The Hall–Kier alpha value is -1.56. The van der Waals surface area contributed by atoms with Crippen LogP contribution in [0.1, 0.15) is 23.9 Å². The number of nitrogens with two attached hydrogens (primary N) is 1. The number of hydrogen-bond acceptors (Lipinski definition) is 3. The van der Waals surface area contributed by atoms with Gasteiger partial charge >= 0.3 is 0 Å². The van der Waals surface area contributed by atoms with Crippen LogP contribution in [0.3, 0.4) is 0 Å². The van der Waals surface area contributed by atoms with Crippen molar-refractivity contribution >= 4 is 21.6 Å². The van der Waals surface area contributed by atoms with Crippen LogP contribution in [0.25, 0.3) is 0 Å². The van der Waals surface area contributed by atoms with Gasteiger partial charge in [-0.1, -0.05) is 6.92 Å². The summed E-state index contributed by atoms with van der Waals surface area (Å²) in [6, 6.07) is 2.89.